The van der Waals surface area contributed by atoms with E-state index in [9.17, 15) is 14.4 Å². The summed E-state index contributed by atoms with van der Waals surface area (Å²) in [7, 11) is 2.97. The van der Waals surface area contributed by atoms with Crippen molar-refractivity contribution in [3.63, 3.8) is 0 Å². The highest BCUT2D eigenvalue weighted by atomic mass is 16.5. The zero-order valence-electron chi connectivity index (χ0n) is 18.4. The van der Waals surface area contributed by atoms with Crippen molar-refractivity contribution < 1.29 is 33.7 Å². The van der Waals surface area contributed by atoms with Gasteiger partial charge in [-0.1, -0.05) is 12.1 Å². The second-order valence-corrected chi connectivity index (χ2v) is 6.95. The molecule has 0 bridgehead atoms. The van der Waals surface area contributed by atoms with Gasteiger partial charge in [0.1, 0.15) is 35.5 Å². The number of nitrogens with one attached hydrogen (secondary N) is 3. The van der Waals surface area contributed by atoms with Gasteiger partial charge in [0, 0.05) is 23.9 Å². The summed E-state index contributed by atoms with van der Waals surface area (Å²) in [6, 6.07) is 10.7. The zero-order chi connectivity index (χ0) is 24.7. The average molecular weight is 469 g/mol. The molecule has 0 atom stereocenters. The van der Waals surface area contributed by atoms with Crippen molar-refractivity contribution >= 4 is 29.4 Å². The molecule has 3 amide bonds. The minimum atomic E-state index is -0.933. The summed E-state index contributed by atoms with van der Waals surface area (Å²) < 4.78 is 15.9. The van der Waals surface area contributed by atoms with Crippen molar-refractivity contribution in [1.29, 1.82) is 0 Å². The predicted molar refractivity (Wildman–Crippen MR) is 121 cm³/mol. The summed E-state index contributed by atoms with van der Waals surface area (Å²) in [6.07, 6.45) is -0.0972. The second kappa shape index (κ2) is 10.7. The molecule has 0 unspecified atom stereocenters. The Morgan fingerprint density at radius 1 is 1.00 bits per heavy atom. The van der Waals surface area contributed by atoms with Crippen molar-refractivity contribution in [3.05, 3.63) is 59.5 Å². The summed E-state index contributed by atoms with van der Waals surface area (Å²) in [5.74, 6) is -0.131. The zero-order valence-corrected chi connectivity index (χ0v) is 18.4. The number of imidazole rings is 1. The van der Waals surface area contributed by atoms with Gasteiger partial charge < -0.3 is 35.4 Å². The Kier molecular flexibility index (Phi) is 7.54. The molecule has 12 heteroatoms. The molecule has 12 nitrogen and oxygen atoms in total. The number of hydrogen-bond acceptors (Lipinski definition) is 7. The largest absolute Gasteiger partial charge is 0.497 e. The van der Waals surface area contributed by atoms with Gasteiger partial charge in [0.25, 0.3) is 5.91 Å². The molecule has 2 aromatic carbocycles. The lowest BCUT2D eigenvalue weighted by molar-refractivity contribution is -0.136. The van der Waals surface area contributed by atoms with E-state index in [0.717, 1.165) is 0 Å². The fraction of sp³-hybridized carbons (Fsp3) is 0.182. The first-order valence-electron chi connectivity index (χ1n) is 9.90. The van der Waals surface area contributed by atoms with E-state index in [1.807, 2.05) is 0 Å². The molecule has 3 rings (SSSR count). The van der Waals surface area contributed by atoms with Crippen LogP contribution >= 0.6 is 0 Å². The van der Waals surface area contributed by atoms with Crippen LogP contribution in [0.1, 0.15) is 21.9 Å². The number of aliphatic carboxylic acids is 1. The fourth-order valence-corrected chi connectivity index (χ4v) is 2.94. The molecule has 0 saturated heterocycles. The van der Waals surface area contributed by atoms with Crippen LogP contribution in [0.25, 0.3) is 0 Å². The number of carboxylic acids is 1. The van der Waals surface area contributed by atoms with Crippen LogP contribution in [0.4, 0.5) is 16.3 Å². The Balaban J connectivity index is 1.67. The Morgan fingerprint density at radius 2 is 1.65 bits per heavy atom. The van der Waals surface area contributed by atoms with E-state index in [-0.39, 0.29) is 30.4 Å². The number of aromatic amines is 1. The number of carboxylic acid groups (broad SMARTS) is 1. The lowest BCUT2D eigenvalue weighted by Gasteiger charge is -2.10. The smallest absolute Gasteiger partial charge is 0.324 e. The molecule has 178 valence electrons. The summed E-state index contributed by atoms with van der Waals surface area (Å²) in [6.45, 7) is -0.0606. The number of nitrogens with two attached hydrogens (primary N) is 1. The van der Waals surface area contributed by atoms with Crippen molar-refractivity contribution in [2.45, 2.75) is 13.0 Å². The highest BCUT2D eigenvalue weighted by molar-refractivity contribution is 6.04. The van der Waals surface area contributed by atoms with Crippen molar-refractivity contribution in [2.75, 3.05) is 24.9 Å². The number of primary amides is 1. The third kappa shape index (κ3) is 6.38. The fourth-order valence-electron chi connectivity index (χ4n) is 2.94. The summed E-state index contributed by atoms with van der Waals surface area (Å²) in [4.78, 5) is 41.9. The number of benzene rings is 2. The van der Waals surface area contributed by atoms with Gasteiger partial charge in [-0.2, -0.15) is 0 Å². The first kappa shape index (κ1) is 23.9. The monoisotopic (exact) mass is 469 g/mol. The SMILES string of the molecule is COc1cc(NC(=O)Nc2[nH]c(COc3ccc(CC(=O)O)cc3)nc2C(N)=O)cc(OC)c1. The number of methoxy groups -OCH3 is 2. The van der Waals surface area contributed by atoms with E-state index in [1.54, 1.807) is 42.5 Å². The number of urea groups is 1. The van der Waals surface area contributed by atoms with Gasteiger partial charge in [-0.05, 0) is 17.7 Å². The quantitative estimate of drug-likeness (QED) is 0.300. The molecular weight excluding hydrogens is 446 g/mol. The molecule has 3 aromatic rings. The molecule has 0 aliphatic rings. The maximum absolute atomic E-state index is 12.5. The van der Waals surface area contributed by atoms with Crippen LogP contribution < -0.4 is 30.6 Å². The van der Waals surface area contributed by atoms with E-state index >= 15 is 0 Å². The second-order valence-electron chi connectivity index (χ2n) is 6.95. The van der Waals surface area contributed by atoms with Crippen LogP contribution in [0.15, 0.2) is 42.5 Å². The maximum Gasteiger partial charge on any atom is 0.324 e. The van der Waals surface area contributed by atoms with Gasteiger partial charge in [0.2, 0.25) is 0 Å². The topological polar surface area (TPSA) is 178 Å². The van der Waals surface area contributed by atoms with Gasteiger partial charge in [-0.25, -0.2) is 9.78 Å². The van der Waals surface area contributed by atoms with E-state index in [4.69, 9.17) is 25.1 Å². The van der Waals surface area contributed by atoms with Gasteiger partial charge >= 0.3 is 12.0 Å². The predicted octanol–water partition coefficient (Wildman–Crippen LogP) is 2.38. The third-order valence-corrected chi connectivity index (χ3v) is 4.49. The number of rotatable bonds is 10. The first-order chi connectivity index (χ1) is 16.3. The molecule has 34 heavy (non-hydrogen) atoms. The number of carbonyl (C=O) groups is 3. The first-order valence-corrected chi connectivity index (χ1v) is 9.90. The van der Waals surface area contributed by atoms with Crippen molar-refractivity contribution in [2.24, 2.45) is 5.73 Å². The summed E-state index contributed by atoms with van der Waals surface area (Å²) >= 11 is 0. The number of carbonyl (C=O) groups excluding carboxylic acids is 2. The number of amides is 3. The van der Waals surface area contributed by atoms with Crippen LogP contribution in [-0.2, 0) is 17.8 Å². The van der Waals surface area contributed by atoms with Gasteiger partial charge in [0.15, 0.2) is 5.69 Å². The van der Waals surface area contributed by atoms with Crippen LogP contribution in [0.5, 0.6) is 17.2 Å². The van der Waals surface area contributed by atoms with E-state index in [0.29, 0.717) is 28.5 Å². The summed E-state index contributed by atoms with van der Waals surface area (Å²) in [5.41, 5.74) is 6.23. The molecule has 0 aliphatic heterocycles. The standard InChI is InChI=1S/C22H23N5O7/c1-32-15-8-13(9-16(10-15)33-2)24-22(31)27-21-19(20(23)30)25-17(26-21)11-34-14-5-3-12(4-6-14)7-18(28)29/h3-6,8-10H,7,11H2,1-2H3,(H2,23,30)(H,25,26)(H,28,29)(H2,24,27,31). The molecule has 1 aromatic heterocycles. The van der Waals surface area contributed by atoms with E-state index < -0.39 is 17.9 Å². The van der Waals surface area contributed by atoms with Crippen LogP contribution in [0.2, 0.25) is 0 Å². The Labute approximate surface area is 194 Å². The molecule has 1 heterocycles. The van der Waals surface area contributed by atoms with Gasteiger partial charge in [-0.15, -0.1) is 0 Å². The van der Waals surface area contributed by atoms with Crippen LogP contribution in [0, 0.1) is 0 Å². The number of ether oxygens (including phenoxy) is 3. The minimum Gasteiger partial charge on any atom is -0.497 e. The number of aromatic nitrogens is 2. The number of anilines is 2. The average Bonchev–Trinajstić information content (AvgIpc) is 3.20. The third-order valence-electron chi connectivity index (χ3n) is 4.49. The minimum absolute atomic E-state index is 0.00438. The van der Waals surface area contributed by atoms with E-state index in [2.05, 4.69) is 20.6 Å². The van der Waals surface area contributed by atoms with Crippen molar-refractivity contribution in [1.82, 2.24) is 9.97 Å². The Bertz CT molecular complexity index is 1170. The molecule has 0 fully saturated rings. The number of H-pyrrole nitrogens is 1. The van der Waals surface area contributed by atoms with Crippen LogP contribution in [0.3, 0.4) is 0 Å². The molecule has 0 spiro atoms. The molecule has 0 aliphatic carbocycles. The van der Waals surface area contributed by atoms with E-state index in [1.165, 1.54) is 14.2 Å². The number of hydrogen-bond donors (Lipinski definition) is 5. The molecule has 6 N–H and O–H groups in total. The lowest BCUT2D eigenvalue weighted by Crippen LogP contribution is -2.22. The molecule has 0 radical (unpaired) electrons. The van der Waals surface area contributed by atoms with Crippen LogP contribution in [-0.4, -0.2) is 47.2 Å². The van der Waals surface area contributed by atoms with Crippen molar-refractivity contribution in [3.8, 4) is 17.2 Å². The normalized spacial score (nSPS) is 10.3. The Hall–Kier alpha value is -4.74. The highest BCUT2D eigenvalue weighted by Crippen LogP contribution is 2.26. The van der Waals surface area contributed by atoms with Gasteiger partial charge in [-0.3, -0.25) is 14.9 Å². The molecule has 0 saturated carbocycles. The lowest BCUT2D eigenvalue weighted by atomic mass is 10.1. The molecular formula is C22H23N5O7. The Morgan fingerprint density at radius 3 is 2.21 bits per heavy atom. The summed E-state index contributed by atoms with van der Waals surface area (Å²) in [5, 5.41) is 13.9. The highest BCUT2D eigenvalue weighted by Gasteiger charge is 2.18. The van der Waals surface area contributed by atoms with Gasteiger partial charge in [0.05, 0.1) is 20.6 Å². The number of nitrogens with zero attached hydrogens (tertiary/aromatic N) is 1. The maximum atomic E-state index is 12.5.